The summed E-state index contributed by atoms with van der Waals surface area (Å²) in [6.07, 6.45) is 5.06. The number of aryl methyl sites for hydroxylation is 2. The number of amides is 1. The van der Waals surface area contributed by atoms with Crippen molar-refractivity contribution in [3.8, 4) is 28.3 Å². The van der Waals surface area contributed by atoms with Gasteiger partial charge in [-0.2, -0.15) is 4.98 Å². The van der Waals surface area contributed by atoms with Crippen LogP contribution in [0.15, 0.2) is 65.2 Å². The Kier molecular flexibility index (Phi) is 6.92. The molecule has 0 radical (unpaired) electrons. The molecule has 0 saturated carbocycles. The molecule has 6 rings (SSSR count). The van der Waals surface area contributed by atoms with E-state index in [9.17, 15) is 4.79 Å². The third-order valence-electron chi connectivity index (χ3n) is 8.07. The average molecular weight is 523 g/mol. The van der Waals surface area contributed by atoms with Gasteiger partial charge in [-0.1, -0.05) is 41.6 Å². The Morgan fingerprint density at radius 3 is 2.41 bits per heavy atom. The zero-order valence-corrected chi connectivity index (χ0v) is 22.7. The zero-order chi connectivity index (χ0) is 26.9. The molecule has 2 N–H and O–H groups in total. The second kappa shape index (κ2) is 10.7. The predicted octanol–water partition coefficient (Wildman–Crippen LogP) is 6.21. The number of fused-ring (bicyclic) bond motifs is 2. The molecule has 200 valence electrons. The van der Waals surface area contributed by atoms with Gasteiger partial charge in [0.1, 0.15) is 5.75 Å². The fraction of sp³-hybridized carbons (Fsp3) is 0.344. The number of ether oxygens (including phenoxy) is 1. The maximum Gasteiger partial charge on any atom is 0.228 e. The molecule has 2 bridgehead atoms. The summed E-state index contributed by atoms with van der Waals surface area (Å²) >= 11 is 0. The number of hydrogen-bond donors (Lipinski definition) is 2. The molecule has 1 aromatic heterocycles. The van der Waals surface area contributed by atoms with Gasteiger partial charge in [-0.15, -0.1) is 0 Å². The first-order valence-corrected chi connectivity index (χ1v) is 13.7. The van der Waals surface area contributed by atoms with Gasteiger partial charge < -0.3 is 19.9 Å². The molecule has 3 heterocycles. The molecule has 3 aromatic carbocycles. The van der Waals surface area contributed by atoms with Gasteiger partial charge in [-0.3, -0.25) is 4.79 Å². The van der Waals surface area contributed by atoms with Gasteiger partial charge in [-0.05, 0) is 90.6 Å². The van der Waals surface area contributed by atoms with Crippen LogP contribution < -0.4 is 15.4 Å². The number of anilines is 1. The van der Waals surface area contributed by atoms with Gasteiger partial charge >= 0.3 is 0 Å². The number of carbonyl (C=O) groups excluding carboxylic acids is 1. The van der Waals surface area contributed by atoms with Crippen LogP contribution in [0.3, 0.4) is 0 Å². The van der Waals surface area contributed by atoms with Gasteiger partial charge in [0.15, 0.2) is 0 Å². The minimum Gasteiger partial charge on any atom is -0.496 e. The van der Waals surface area contributed by atoms with Crippen molar-refractivity contribution in [3.63, 3.8) is 0 Å². The number of hydrogen-bond acceptors (Lipinski definition) is 6. The van der Waals surface area contributed by atoms with Gasteiger partial charge in [0.2, 0.25) is 17.6 Å². The van der Waals surface area contributed by atoms with Crippen LogP contribution >= 0.6 is 0 Å². The molecule has 39 heavy (non-hydrogen) atoms. The predicted molar refractivity (Wildman–Crippen MR) is 152 cm³/mol. The van der Waals surface area contributed by atoms with E-state index in [2.05, 4.69) is 58.0 Å². The van der Waals surface area contributed by atoms with Crippen molar-refractivity contribution in [1.82, 2.24) is 15.5 Å². The first-order valence-electron chi connectivity index (χ1n) is 13.7. The van der Waals surface area contributed by atoms with Crippen molar-refractivity contribution in [3.05, 3.63) is 83.2 Å². The van der Waals surface area contributed by atoms with Crippen molar-refractivity contribution in [2.45, 2.75) is 64.0 Å². The quantitative estimate of drug-likeness (QED) is 0.300. The van der Waals surface area contributed by atoms with Crippen LogP contribution in [-0.4, -0.2) is 35.2 Å². The number of carbonyl (C=O) groups is 1. The van der Waals surface area contributed by atoms with Crippen LogP contribution in [0.25, 0.3) is 22.5 Å². The highest BCUT2D eigenvalue weighted by Gasteiger charge is 2.35. The number of aromatic nitrogens is 2. The average Bonchev–Trinajstić information content (AvgIpc) is 3.53. The Morgan fingerprint density at radius 1 is 1.00 bits per heavy atom. The number of rotatable bonds is 7. The molecule has 2 atom stereocenters. The van der Waals surface area contributed by atoms with E-state index in [1.807, 2.05) is 30.3 Å². The largest absolute Gasteiger partial charge is 0.496 e. The second-order valence-electron chi connectivity index (χ2n) is 10.9. The highest BCUT2D eigenvalue weighted by Crippen LogP contribution is 2.41. The van der Waals surface area contributed by atoms with Crippen LogP contribution in [0.1, 0.15) is 54.2 Å². The van der Waals surface area contributed by atoms with Crippen molar-refractivity contribution >= 4 is 11.6 Å². The van der Waals surface area contributed by atoms with Crippen LogP contribution in [0.5, 0.6) is 5.75 Å². The highest BCUT2D eigenvalue weighted by atomic mass is 16.5. The lowest BCUT2D eigenvalue weighted by molar-refractivity contribution is -0.115. The van der Waals surface area contributed by atoms with E-state index < -0.39 is 0 Å². The number of nitrogens with one attached hydrogen (secondary N) is 2. The topological polar surface area (TPSA) is 89.3 Å². The van der Waals surface area contributed by atoms with E-state index in [0.29, 0.717) is 36.1 Å². The van der Waals surface area contributed by atoms with Crippen molar-refractivity contribution in [2.75, 3.05) is 12.4 Å². The Balaban J connectivity index is 1.12. The minimum absolute atomic E-state index is 0.0276. The monoisotopic (exact) mass is 522 g/mol. The Bertz CT molecular complexity index is 1480. The highest BCUT2D eigenvalue weighted by molar-refractivity contribution is 5.92. The summed E-state index contributed by atoms with van der Waals surface area (Å²) in [5.41, 5.74) is 7.28. The summed E-state index contributed by atoms with van der Waals surface area (Å²) in [6, 6.07) is 21.5. The van der Waals surface area contributed by atoms with Crippen LogP contribution in [-0.2, 0) is 11.2 Å². The Labute approximate surface area is 229 Å². The van der Waals surface area contributed by atoms with Crippen molar-refractivity contribution in [2.24, 2.45) is 0 Å². The smallest absolute Gasteiger partial charge is 0.228 e. The van der Waals surface area contributed by atoms with E-state index >= 15 is 0 Å². The zero-order valence-electron chi connectivity index (χ0n) is 22.7. The number of nitrogens with zero attached hydrogens (tertiary/aromatic N) is 2. The van der Waals surface area contributed by atoms with E-state index in [1.54, 1.807) is 14.0 Å². The van der Waals surface area contributed by atoms with Crippen LogP contribution in [0, 0.1) is 13.8 Å². The Morgan fingerprint density at radius 2 is 1.74 bits per heavy atom. The summed E-state index contributed by atoms with van der Waals surface area (Å²) in [5.74, 6) is 2.48. The maximum absolute atomic E-state index is 12.9. The number of piperidine rings is 1. The van der Waals surface area contributed by atoms with Gasteiger partial charge in [0, 0.05) is 30.3 Å². The lowest BCUT2D eigenvalue weighted by Crippen LogP contribution is -2.37. The lowest BCUT2D eigenvalue weighted by Gasteiger charge is -2.30. The fourth-order valence-corrected chi connectivity index (χ4v) is 6.18. The molecular formula is C32H34N4O3. The minimum atomic E-state index is -0.0276. The van der Waals surface area contributed by atoms with E-state index in [-0.39, 0.29) is 5.91 Å². The van der Waals surface area contributed by atoms with E-state index in [4.69, 9.17) is 9.26 Å². The summed E-state index contributed by atoms with van der Waals surface area (Å²) in [4.78, 5) is 17.3. The summed E-state index contributed by atoms with van der Waals surface area (Å²) in [6.45, 7) is 3.86. The van der Waals surface area contributed by atoms with Crippen LogP contribution in [0.4, 0.5) is 5.69 Å². The molecule has 1 amide bonds. The number of methoxy groups -OCH3 is 1. The fourth-order valence-electron chi connectivity index (χ4n) is 6.18. The molecule has 2 aliphatic rings. The number of benzene rings is 3. The molecule has 7 nitrogen and oxygen atoms in total. The summed E-state index contributed by atoms with van der Waals surface area (Å²) < 4.78 is 10.8. The molecule has 2 aliphatic heterocycles. The molecular weight excluding hydrogens is 488 g/mol. The maximum atomic E-state index is 12.9. The second-order valence-corrected chi connectivity index (χ2v) is 10.9. The van der Waals surface area contributed by atoms with Crippen LogP contribution in [0.2, 0.25) is 0 Å². The molecule has 4 aromatic rings. The SMILES string of the molecule is COc1ccc(NC(=O)Cc2ccc(-c3ccc(-c4noc(C)n4)cc3C)cc2)cc1C1CC2CCC(C1)N2. The van der Waals surface area contributed by atoms with Crippen molar-refractivity contribution < 1.29 is 14.1 Å². The van der Waals surface area contributed by atoms with E-state index in [1.165, 1.54) is 18.4 Å². The third-order valence-corrected chi connectivity index (χ3v) is 8.07. The molecule has 2 fully saturated rings. The van der Waals surface area contributed by atoms with Crippen molar-refractivity contribution in [1.29, 1.82) is 0 Å². The molecule has 2 saturated heterocycles. The first kappa shape index (κ1) is 25.3. The lowest BCUT2D eigenvalue weighted by atomic mass is 9.85. The first-order chi connectivity index (χ1) is 18.9. The van der Waals surface area contributed by atoms with Gasteiger partial charge in [0.25, 0.3) is 0 Å². The molecule has 2 unspecified atom stereocenters. The molecule has 0 spiro atoms. The Hall–Kier alpha value is -3.97. The molecule has 7 heteroatoms. The van der Waals surface area contributed by atoms with Gasteiger partial charge in [0.05, 0.1) is 13.5 Å². The normalized spacial score (nSPS) is 20.1. The van der Waals surface area contributed by atoms with Gasteiger partial charge in [-0.25, -0.2) is 0 Å². The molecule has 0 aliphatic carbocycles. The summed E-state index contributed by atoms with van der Waals surface area (Å²) in [5, 5.41) is 10.8. The van der Waals surface area contributed by atoms with E-state index in [0.717, 1.165) is 52.1 Å². The third kappa shape index (κ3) is 5.45. The standard InChI is InChI=1S/C32H34N4O3/c1-19-14-23(32-33-20(2)39-36-32)8-12-28(19)22-6-4-21(5-7-22)15-31(37)35-27-11-13-30(38-3)29(18-27)24-16-25-9-10-26(17-24)34-25/h4-8,11-14,18,24-26,34H,9-10,15-17H2,1-3H3,(H,35,37). The summed E-state index contributed by atoms with van der Waals surface area (Å²) in [7, 11) is 1.72.